The van der Waals surface area contributed by atoms with E-state index in [-0.39, 0.29) is 11.8 Å². The number of anilines is 1. The third kappa shape index (κ3) is 5.11. The molecule has 8 heteroatoms. The Labute approximate surface area is 192 Å². The van der Waals surface area contributed by atoms with Crippen molar-refractivity contribution in [1.82, 2.24) is 19.6 Å². The monoisotopic (exact) mass is 445 g/mol. The molecule has 1 N–H and O–H groups in total. The van der Waals surface area contributed by atoms with Crippen molar-refractivity contribution < 1.29 is 14.4 Å². The normalized spacial score (nSPS) is 14.0. The van der Waals surface area contributed by atoms with Crippen LogP contribution in [-0.2, 0) is 4.79 Å². The van der Waals surface area contributed by atoms with Crippen molar-refractivity contribution in [3.05, 3.63) is 77.1 Å². The van der Waals surface area contributed by atoms with Gasteiger partial charge in [0.1, 0.15) is 0 Å². The van der Waals surface area contributed by atoms with Gasteiger partial charge in [0.05, 0.1) is 23.8 Å². The summed E-state index contributed by atoms with van der Waals surface area (Å²) in [5.41, 5.74) is 4.61. The fourth-order valence-corrected chi connectivity index (χ4v) is 3.98. The van der Waals surface area contributed by atoms with Crippen LogP contribution in [0.1, 0.15) is 38.3 Å². The van der Waals surface area contributed by atoms with Crippen LogP contribution in [0.5, 0.6) is 0 Å². The number of nitrogens with zero attached hydrogens (tertiary/aromatic N) is 4. The van der Waals surface area contributed by atoms with Gasteiger partial charge in [0.2, 0.25) is 6.41 Å². The van der Waals surface area contributed by atoms with Gasteiger partial charge < -0.3 is 15.1 Å². The number of nitrogens with one attached hydrogen (secondary N) is 1. The van der Waals surface area contributed by atoms with Crippen molar-refractivity contribution >= 4 is 23.9 Å². The molecular weight excluding hydrogens is 418 g/mol. The van der Waals surface area contributed by atoms with Crippen LogP contribution in [0.15, 0.2) is 54.9 Å². The molecule has 1 saturated heterocycles. The first-order valence-electron chi connectivity index (χ1n) is 11.0. The van der Waals surface area contributed by atoms with Gasteiger partial charge in [-0.1, -0.05) is 17.7 Å². The summed E-state index contributed by atoms with van der Waals surface area (Å²) >= 11 is 0. The fraction of sp³-hybridized carbons (Fsp3) is 0.280. The van der Waals surface area contributed by atoms with Gasteiger partial charge in [-0.05, 0) is 56.2 Å². The van der Waals surface area contributed by atoms with Crippen LogP contribution in [0.2, 0.25) is 0 Å². The van der Waals surface area contributed by atoms with Crippen LogP contribution in [0.3, 0.4) is 0 Å². The summed E-state index contributed by atoms with van der Waals surface area (Å²) in [7, 11) is 0. The van der Waals surface area contributed by atoms with E-state index >= 15 is 0 Å². The van der Waals surface area contributed by atoms with Crippen LogP contribution in [0.4, 0.5) is 5.69 Å². The second-order valence-electron chi connectivity index (χ2n) is 8.28. The number of amides is 3. The van der Waals surface area contributed by atoms with Crippen LogP contribution in [0.25, 0.3) is 5.69 Å². The van der Waals surface area contributed by atoms with Crippen molar-refractivity contribution in [3.8, 4) is 5.69 Å². The van der Waals surface area contributed by atoms with Crippen molar-refractivity contribution in [2.24, 2.45) is 0 Å². The Morgan fingerprint density at radius 1 is 1.00 bits per heavy atom. The van der Waals surface area contributed by atoms with Crippen LogP contribution in [0, 0.1) is 13.8 Å². The Kier molecular flexibility index (Phi) is 6.53. The molecule has 0 atom stereocenters. The Morgan fingerprint density at radius 3 is 2.52 bits per heavy atom. The minimum Gasteiger partial charge on any atom is -0.343 e. The second kappa shape index (κ2) is 9.68. The zero-order valence-electron chi connectivity index (χ0n) is 18.8. The van der Waals surface area contributed by atoms with Crippen molar-refractivity contribution in [3.63, 3.8) is 0 Å². The maximum atomic E-state index is 12.9. The first kappa shape index (κ1) is 22.3. The van der Waals surface area contributed by atoms with Gasteiger partial charge in [0.15, 0.2) is 0 Å². The third-order valence-corrected chi connectivity index (χ3v) is 5.81. The van der Waals surface area contributed by atoms with E-state index in [0.29, 0.717) is 43.0 Å². The SMILES string of the molecule is Cc1ccc(C(=O)Nc2cnn(-c3ccc(C(=O)N4CCCN(C=O)CC4)cc3)c2)c(C)c1. The number of hydrogen-bond donors (Lipinski definition) is 1. The minimum absolute atomic E-state index is 0.0452. The molecule has 170 valence electrons. The number of hydrogen-bond acceptors (Lipinski definition) is 4. The van der Waals surface area contributed by atoms with Gasteiger partial charge in [0.25, 0.3) is 11.8 Å². The molecule has 33 heavy (non-hydrogen) atoms. The molecule has 0 saturated carbocycles. The maximum Gasteiger partial charge on any atom is 0.256 e. The van der Waals surface area contributed by atoms with Crippen molar-refractivity contribution in [2.45, 2.75) is 20.3 Å². The summed E-state index contributed by atoms with van der Waals surface area (Å²) in [5, 5.41) is 7.22. The lowest BCUT2D eigenvalue weighted by Crippen LogP contribution is -2.34. The van der Waals surface area contributed by atoms with E-state index in [4.69, 9.17) is 0 Å². The van der Waals surface area contributed by atoms with Gasteiger partial charge in [-0.3, -0.25) is 14.4 Å². The minimum atomic E-state index is -0.182. The number of aromatic nitrogens is 2. The summed E-state index contributed by atoms with van der Waals surface area (Å²) in [6.45, 7) is 6.30. The van der Waals surface area contributed by atoms with E-state index in [1.54, 1.807) is 39.0 Å². The Morgan fingerprint density at radius 2 is 1.79 bits per heavy atom. The summed E-state index contributed by atoms with van der Waals surface area (Å²) in [5.74, 6) is -0.227. The zero-order chi connectivity index (χ0) is 23.4. The molecular formula is C25H27N5O3. The summed E-state index contributed by atoms with van der Waals surface area (Å²) in [6, 6.07) is 12.9. The molecule has 1 aromatic heterocycles. The Hall–Kier alpha value is -3.94. The molecule has 0 spiro atoms. The topological polar surface area (TPSA) is 87.5 Å². The third-order valence-electron chi connectivity index (χ3n) is 5.81. The lowest BCUT2D eigenvalue weighted by molar-refractivity contribution is -0.118. The van der Waals surface area contributed by atoms with Crippen molar-refractivity contribution in [1.29, 1.82) is 0 Å². The van der Waals surface area contributed by atoms with Gasteiger partial charge in [-0.2, -0.15) is 5.10 Å². The van der Waals surface area contributed by atoms with Crippen LogP contribution in [-0.4, -0.2) is 64.0 Å². The molecule has 3 amide bonds. The predicted molar refractivity (Wildman–Crippen MR) is 126 cm³/mol. The summed E-state index contributed by atoms with van der Waals surface area (Å²) in [4.78, 5) is 39.9. The van der Waals surface area contributed by atoms with Gasteiger partial charge in [0, 0.05) is 37.3 Å². The molecule has 1 aliphatic heterocycles. The van der Waals surface area contributed by atoms with E-state index in [2.05, 4.69) is 10.4 Å². The number of aryl methyl sites for hydroxylation is 2. The van der Waals surface area contributed by atoms with Gasteiger partial charge in [-0.15, -0.1) is 0 Å². The lowest BCUT2D eigenvalue weighted by atomic mass is 10.1. The molecule has 3 aromatic rings. The fourth-order valence-electron chi connectivity index (χ4n) is 3.98. The highest BCUT2D eigenvalue weighted by Crippen LogP contribution is 2.17. The highest BCUT2D eigenvalue weighted by molar-refractivity contribution is 6.05. The quantitative estimate of drug-likeness (QED) is 0.612. The second-order valence-corrected chi connectivity index (χ2v) is 8.28. The molecule has 2 heterocycles. The number of carbonyl (C=O) groups is 3. The van der Waals surface area contributed by atoms with E-state index in [9.17, 15) is 14.4 Å². The molecule has 2 aromatic carbocycles. The first-order chi connectivity index (χ1) is 15.9. The number of carbonyl (C=O) groups excluding carboxylic acids is 3. The molecule has 4 rings (SSSR count). The smallest absolute Gasteiger partial charge is 0.256 e. The molecule has 1 aliphatic rings. The van der Waals surface area contributed by atoms with Crippen molar-refractivity contribution in [2.75, 3.05) is 31.5 Å². The van der Waals surface area contributed by atoms with E-state index in [1.165, 1.54) is 0 Å². The molecule has 1 fully saturated rings. The Balaban J connectivity index is 1.42. The largest absolute Gasteiger partial charge is 0.343 e. The standard InChI is InChI=1S/C25H27N5O3/c1-18-4-9-23(19(2)14-18)24(32)27-21-15-26-30(16-21)22-7-5-20(6-8-22)25(33)29-11-3-10-28(17-31)12-13-29/h4-9,14-17H,3,10-13H2,1-2H3,(H,27,32). The van der Waals surface area contributed by atoms with Gasteiger partial charge >= 0.3 is 0 Å². The molecule has 0 radical (unpaired) electrons. The maximum absolute atomic E-state index is 12.9. The van der Waals surface area contributed by atoms with Crippen LogP contribution < -0.4 is 5.32 Å². The van der Waals surface area contributed by atoms with E-state index in [1.807, 2.05) is 44.2 Å². The average molecular weight is 446 g/mol. The Bertz CT molecular complexity index is 1170. The molecule has 0 aliphatic carbocycles. The summed E-state index contributed by atoms with van der Waals surface area (Å²) in [6.07, 6.45) is 4.94. The van der Waals surface area contributed by atoms with Gasteiger partial charge in [-0.25, -0.2) is 4.68 Å². The number of benzene rings is 2. The van der Waals surface area contributed by atoms with E-state index < -0.39 is 0 Å². The lowest BCUT2D eigenvalue weighted by Gasteiger charge is -2.20. The first-order valence-corrected chi connectivity index (χ1v) is 11.0. The average Bonchev–Trinajstić information content (AvgIpc) is 3.14. The highest BCUT2D eigenvalue weighted by Gasteiger charge is 2.19. The predicted octanol–water partition coefficient (Wildman–Crippen LogP) is 3.05. The molecule has 0 bridgehead atoms. The molecule has 0 unspecified atom stereocenters. The zero-order valence-corrected chi connectivity index (χ0v) is 18.8. The summed E-state index contributed by atoms with van der Waals surface area (Å²) < 4.78 is 1.65. The highest BCUT2D eigenvalue weighted by atomic mass is 16.2. The van der Waals surface area contributed by atoms with Crippen LogP contribution >= 0.6 is 0 Å². The van der Waals surface area contributed by atoms with E-state index in [0.717, 1.165) is 29.6 Å². The number of rotatable bonds is 5. The molecule has 8 nitrogen and oxygen atoms in total.